The summed E-state index contributed by atoms with van der Waals surface area (Å²) in [7, 11) is 0. The fourth-order valence-corrected chi connectivity index (χ4v) is 2.16. The predicted octanol–water partition coefficient (Wildman–Crippen LogP) is 3.96. The van der Waals surface area contributed by atoms with Gasteiger partial charge in [-0.15, -0.1) is 0 Å². The van der Waals surface area contributed by atoms with Gasteiger partial charge in [0.05, 0.1) is 0 Å². The van der Waals surface area contributed by atoms with Crippen molar-refractivity contribution in [2.24, 2.45) is 0 Å². The Morgan fingerprint density at radius 3 is 1.92 bits per heavy atom. The molecule has 0 aliphatic rings. The summed E-state index contributed by atoms with van der Waals surface area (Å²) < 4.78 is 10.6. The van der Waals surface area contributed by atoms with Crippen LogP contribution in [0.25, 0.3) is 0 Å². The molecule has 0 aliphatic heterocycles. The van der Waals surface area contributed by atoms with E-state index in [1.165, 1.54) is 0 Å². The van der Waals surface area contributed by atoms with Gasteiger partial charge in [0, 0.05) is 17.9 Å². The summed E-state index contributed by atoms with van der Waals surface area (Å²) in [6.45, 7) is 10.6. The molecule has 26 heavy (non-hydrogen) atoms. The van der Waals surface area contributed by atoms with Crippen molar-refractivity contribution < 1.29 is 19.1 Å². The van der Waals surface area contributed by atoms with Gasteiger partial charge in [0.25, 0.3) is 0 Å². The average Bonchev–Trinajstić information content (AvgIpc) is 2.43. The fraction of sp³-hybridized carbons (Fsp3) is 0.579. The first kappa shape index (κ1) is 21.6. The van der Waals surface area contributed by atoms with Gasteiger partial charge in [-0.3, -0.25) is 0 Å². The molecule has 7 heteroatoms. The Morgan fingerprint density at radius 2 is 1.46 bits per heavy atom. The van der Waals surface area contributed by atoms with E-state index < -0.39 is 23.4 Å². The number of carbonyl (C=O) groups excluding carboxylic acids is 2. The summed E-state index contributed by atoms with van der Waals surface area (Å²) in [5, 5.41) is 0. The molecule has 0 saturated heterocycles. The van der Waals surface area contributed by atoms with E-state index in [2.05, 4.69) is 0 Å². The van der Waals surface area contributed by atoms with E-state index in [0.717, 1.165) is 10.5 Å². The Bertz CT molecular complexity index is 617. The lowest BCUT2D eigenvalue weighted by atomic mass is 10.1. The summed E-state index contributed by atoms with van der Waals surface area (Å²) in [6, 6.07) is 5.26. The average molecular weight is 365 g/mol. The number of imide groups is 1. The third-order valence-corrected chi connectivity index (χ3v) is 3.22. The highest BCUT2D eigenvalue weighted by atomic mass is 16.6. The monoisotopic (exact) mass is 365 g/mol. The molecule has 0 aliphatic carbocycles. The Kier molecular flexibility index (Phi) is 6.89. The van der Waals surface area contributed by atoms with Gasteiger partial charge in [-0.25, -0.2) is 14.5 Å². The minimum atomic E-state index is -0.729. The van der Waals surface area contributed by atoms with E-state index in [1.54, 1.807) is 59.7 Å². The van der Waals surface area contributed by atoms with Gasteiger partial charge in [-0.05, 0) is 78.1 Å². The number of hydrogen-bond donors (Lipinski definition) is 2. The number of anilines is 2. The van der Waals surface area contributed by atoms with E-state index in [0.29, 0.717) is 24.2 Å². The number of hydrogen-bond acceptors (Lipinski definition) is 6. The summed E-state index contributed by atoms with van der Waals surface area (Å²) in [5.74, 6) is 0. The van der Waals surface area contributed by atoms with Crippen molar-refractivity contribution in [3.8, 4) is 0 Å². The summed E-state index contributed by atoms with van der Waals surface area (Å²) in [6.07, 6.45) is -0.384. The Balaban J connectivity index is 2.82. The standard InChI is InChI=1S/C19H31N3O4/c1-18(2,3)25-16(23)22(17(24)26-19(4,5)6)11-7-8-13-12-14(20)9-10-15(13)21/h9-10,12H,7-8,11,20-21H2,1-6H3. The maximum Gasteiger partial charge on any atom is 0.419 e. The van der Waals surface area contributed by atoms with Gasteiger partial charge in [-0.1, -0.05) is 0 Å². The van der Waals surface area contributed by atoms with E-state index in [-0.39, 0.29) is 6.54 Å². The Labute approximate surface area is 155 Å². The molecule has 0 saturated carbocycles. The van der Waals surface area contributed by atoms with Gasteiger partial charge in [0.2, 0.25) is 0 Å². The highest BCUT2D eigenvalue weighted by molar-refractivity contribution is 5.88. The van der Waals surface area contributed by atoms with Gasteiger partial charge in [0.15, 0.2) is 0 Å². The Hall–Kier alpha value is -2.44. The molecule has 7 nitrogen and oxygen atoms in total. The Morgan fingerprint density at radius 1 is 0.962 bits per heavy atom. The second kappa shape index (κ2) is 8.29. The summed E-state index contributed by atoms with van der Waals surface area (Å²) >= 11 is 0. The second-order valence-electron chi connectivity index (χ2n) is 8.17. The van der Waals surface area contributed by atoms with E-state index in [4.69, 9.17) is 20.9 Å². The molecule has 0 fully saturated rings. The lowest BCUT2D eigenvalue weighted by molar-refractivity contribution is 0.00131. The van der Waals surface area contributed by atoms with Crippen LogP contribution in [0.1, 0.15) is 53.5 Å². The first-order valence-corrected chi connectivity index (χ1v) is 8.66. The van der Waals surface area contributed by atoms with E-state index in [9.17, 15) is 9.59 Å². The van der Waals surface area contributed by atoms with Crippen molar-refractivity contribution in [1.82, 2.24) is 4.90 Å². The minimum Gasteiger partial charge on any atom is -0.443 e. The van der Waals surface area contributed by atoms with E-state index >= 15 is 0 Å². The number of carbonyl (C=O) groups is 2. The normalized spacial score (nSPS) is 11.8. The molecule has 0 bridgehead atoms. The first-order chi connectivity index (χ1) is 11.8. The van der Waals surface area contributed by atoms with Gasteiger partial charge in [0.1, 0.15) is 11.2 Å². The number of nitrogens with zero attached hydrogens (tertiary/aromatic N) is 1. The van der Waals surface area contributed by atoms with Crippen LogP contribution in [0, 0.1) is 0 Å². The minimum absolute atomic E-state index is 0.151. The largest absolute Gasteiger partial charge is 0.443 e. The topological polar surface area (TPSA) is 108 Å². The second-order valence-corrected chi connectivity index (χ2v) is 8.17. The van der Waals surface area contributed by atoms with Crippen LogP contribution < -0.4 is 11.5 Å². The number of nitrogens with two attached hydrogens (primary N) is 2. The van der Waals surface area contributed by atoms with Gasteiger partial charge >= 0.3 is 12.2 Å². The van der Waals surface area contributed by atoms with Crippen LogP contribution in [0.2, 0.25) is 0 Å². The molecular weight excluding hydrogens is 334 g/mol. The number of rotatable bonds is 4. The molecule has 1 rings (SSSR count). The zero-order valence-electron chi connectivity index (χ0n) is 16.6. The van der Waals surface area contributed by atoms with Gasteiger partial charge < -0.3 is 20.9 Å². The number of aryl methyl sites for hydroxylation is 1. The van der Waals surface area contributed by atoms with Crippen LogP contribution in [0.4, 0.5) is 21.0 Å². The molecule has 0 heterocycles. The zero-order valence-corrected chi connectivity index (χ0v) is 16.6. The lowest BCUT2D eigenvalue weighted by Gasteiger charge is -2.28. The molecule has 0 spiro atoms. The van der Waals surface area contributed by atoms with Crippen LogP contribution in [-0.4, -0.2) is 34.8 Å². The molecule has 1 aromatic rings. The van der Waals surface area contributed by atoms with Crippen LogP contribution >= 0.6 is 0 Å². The maximum absolute atomic E-state index is 12.4. The first-order valence-electron chi connectivity index (χ1n) is 8.66. The number of amides is 2. The van der Waals surface area contributed by atoms with E-state index in [1.807, 2.05) is 0 Å². The van der Waals surface area contributed by atoms with Crippen LogP contribution in [-0.2, 0) is 15.9 Å². The van der Waals surface area contributed by atoms with Crippen LogP contribution in [0.15, 0.2) is 18.2 Å². The molecule has 146 valence electrons. The van der Waals surface area contributed by atoms with Crippen molar-refractivity contribution in [3.63, 3.8) is 0 Å². The van der Waals surface area contributed by atoms with Crippen molar-refractivity contribution in [1.29, 1.82) is 0 Å². The molecular formula is C19H31N3O4. The molecule has 4 N–H and O–H groups in total. The highest BCUT2D eigenvalue weighted by Crippen LogP contribution is 2.19. The van der Waals surface area contributed by atoms with Crippen molar-refractivity contribution >= 4 is 23.6 Å². The molecule has 0 atom stereocenters. The fourth-order valence-electron chi connectivity index (χ4n) is 2.16. The molecule has 1 aromatic carbocycles. The smallest absolute Gasteiger partial charge is 0.419 e. The van der Waals surface area contributed by atoms with Crippen LogP contribution in [0.5, 0.6) is 0 Å². The number of benzene rings is 1. The maximum atomic E-state index is 12.4. The molecule has 0 aromatic heterocycles. The van der Waals surface area contributed by atoms with Gasteiger partial charge in [-0.2, -0.15) is 0 Å². The molecule has 0 radical (unpaired) electrons. The van der Waals surface area contributed by atoms with Crippen molar-refractivity contribution in [3.05, 3.63) is 23.8 Å². The number of nitrogen functional groups attached to an aromatic ring is 2. The quantitative estimate of drug-likeness (QED) is 0.782. The zero-order chi connectivity index (χ0) is 20.1. The predicted molar refractivity (Wildman–Crippen MR) is 103 cm³/mol. The third-order valence-electron chi connectivity index (χ3n) is 3.22. The SMILES string of the molecule is CC(C)(C)OC(=O)N(CCCc1cc(N)ccc1N)C(=O)OC(C)(C)C. The summed E-state index contributed by atoms with van der Waals surface area (Å²) in [5.41, 5.74) is 12.4. The van der Waals surface area contributed by atoms with Crippen molar-refractivity contribution in [2.45, 2.75) is 65.6 Å². The van der Waals surface area contributed by atoms with Crippen LogP contribution in [0.3, 0.4) is 0 Å². The summed E-state index contributed by atoms with van der Waals surface area (Å²) in [4.78, 5) is 25.8. The third kappa shape index (κ3) is 7.63. The number of ether oxygens (including phenoxy) is 2. The lowest BCUT2D eigenvalue weighted by Crippen LogP contribution is -2.44. The van der Waals surface area contributed by atoms with Crippen molar-refractivity contribution in [2.75, 3.05) is 18.0 Å². The highest BCUT2D eigenvalue weighted by Gasteiger charge is 2.30. The molecule has 0 unspecified atom stereocenters. The molecule has 2 amide bonds.